The van der Waals surface area contributed by atoms with Crippen molar-refractivity contribution in [3.05, 3.63) is 35.4 Å². The Balaban J connectivity index is 1.63. The highest BCUT2D eigenvalue weighted by atomic mass is 16.5. The zero-order valence-corrected chi connectivity index (χ0v) is 13.7. The number of hydrazone groups is 1. The molecule has 8 nitrogen and oxygen atoms in total. The van der Waals surface area contributed by atoms with E-state index in [-0.39, 0.29) is 11.5 Å². The first-order chi connectivity index (χ1) is 12.1. The second-order valence-electron chi connectivity index (χ2n) is 5.69. The SMILES string of the molecule is NC(=O)NN=C1C=Cc2ccc(OCCN3CCOCC3)cc2C1=O. The van der Waals surface area contributed by atoms with Crippen LogP contribution < -0.4 is 15.9 Å². The second kappa shape index (κ2) is 7.91. The van der Waals surface area contributed by atoms with Crippen LogP contribution in [0.5, 0.6) is 5.75 Å². The van der Waals surface area contributed by atoms with Crippen LogP contribution in [0.2, 0.25) is 0 Å². The molecule has 1 aromatic rings. The van der Waals surface area contributed by atoms with Gasteiger partial charge in [-0.1, -0.05) is 12.1 Å². The average Bonchev–Trinajstić information content (AvgIpc) is 2.62. The lowest BCUT2D eigenvalue weighted by atomic mass is 9.95. The summed E-state index contributed by atoms with van der Waals surface area (Å²) in [6.07, 6.45) is 3.30. The van der Waals surface area contributed by atoms with Crippen LogP contribution in [0, 0.1) is 0 Å². The van der Waals surface area contributed by atoms with Crippen LogP contribution in [0.4, 0.5) is 4.79 Å². The molecule has 2 aliphatic rings. The van der Waals surface area contributed by atoms with E-state index in [0.29, 0.717) is 17.9 Å². The number of nitrogens with zero attached hydrogens (tertiary/aromatic N) is 2. The summed E-state index contributed by atoms with van der Waals surface area (Å²) in [6, 6.07) is 4.53. The van der Waals surface area contributed by atoms with Crippen LogP contribution in [-0.4, -0.2) is 61.9 Å². The minimum absolute atomic E-state index is 0.122. The Labute approximate surface area is 145 Å². The summed E-state index contributed by atoms with van der Waals surface area (Å²) in [5.41, 5.74) is 8.42. The number of urea groups is 1. The number of nitrogens with two attached hydrogens (primary N) is 1. The molecule has 1 aromatic carbocycles. The number of primary amides is 1. The van der Waals surface area contributed by atoms with Gasteiger partial charge in [-0.3, -0.25) is 9.69 Å². The summed E-state index contributed by atoms with van der Waals surface area (Å²) in [6.45, 7) is 4.66. The van der Waals surface area contributed by atoms with Gasteiger partial charge in [0.05, 0.1) is 13.2 Å². The van der Waals surface area contributed by atoms with Gasteiger partial charge in [0.2, 0.25) is 5.78 Å². The van der Waals surface area contributed by atoms with Gasteiger partial charge in [-0.25, -0.2) is 10.2 Å². The summed E-state index contributed by atoms with van der Waals surface area (Å²) in [5, 5.41) is 3.71. The number of fused-ring (bicyclic) bond motifs is 1. The fourth-order valence-corrected chi connectivity index (χ4v) is 2.67. The Morgan fingerprint density at radius 3 is 2.88 bits per heavy atom. The maximum atomic E-state index is 12.5. The molecule has 25 heavy (non-hydrogen) atoms. The van der Waals surface area contributed by atoms with E-state index in [1.807, 2.05) is 12.1 Å². The molecule has 0 aromatic heterocycles. The van der Waals surface area contributed by atoms with E-state index in [1.54, 1.807) is 18.2 Å². The topological polar surface area (TPSA) is 106 Å². The summed E-state index contributed by atoms with van der Waals surface area (Å²) in [4.78, 5) is 25.5. The Bertz CT molecular complexity index is 723. The van der Waals surface area contributed by atoms with E-state index in [9.17, 15) is 9.59 Å². The van der Waals surface area contributed by atoms with Crippen LogP contribution in [0.3, 0.4) is 0 Å². The average molecular weight is 344 g/mol. The van der Waals surface area contributed by atoms with E-state index in [4.69, 9.17) is 15.2 Å². The van der Waals surface area contributed by atoms with E-state index in [1.165, 1.54) is 0 Å². The van der Waals surface area contributed by atoms with Crippen molar-refractivity contribution in [2.24, 2.45) is 10.8 Å². The van der Waals surface area contributed by atoms with E-state index < -0.39 is 6.03 Å². The van der Waals surface area contributed by atoms with Crippen LogP contribution in [0.1, 0.15) is 15.9 Å². The minimum atomic E-state index is -0.820. The maximum absolute atomic E-state index is 12.5. The number of amides is 2. The Morgan fingerprint density at radius 2 is 2.12 bits per heavy atom. The Morgan fingerprint density at radius 1 is 1.32 bits per heavy atom. The number of Topliss-reactive ketones (excluding diaryl/α,β-unsaturated/α-hetero) is 1. The molecule has 1 saturated heterocycles. The number of carbonyl (C=O) groups excluding carboxylic acids is 2. The van der Waals surface area contributed by atoms with Crippen molar-refractivity contribution in [1.82, 2.24) is 10.3 Å². The molecule has 1 heterocycles. The molecular weight excluding hydrogens is 324 g/mol. The molecule has 0 saturated carbocycles. The van der Waals surface area contributed by atoms with Gasteiger partial charge in [0.15, 0.2) is 0 Å². The van der Waals surface area contributed by atoms with Crippen molar-refractivity contribution in [3.63, 3.8) is 0 Å². The molecule has 1 fully saturated rings. The van der Waals surface area contributed by atoms with Gasteiger partial charge in [0.1, 0.15) is 18.1 Å². The monoisotopic (exact) mass is 344 g/mol. The van der Waals surface area contributed by atoms with Gasteiger partial charge in [0.25, 0.3) is 0 Å². The smallest absolute Gasteiger partial charge is 0.332 e. The molecule has 2 amide bonds. The Hall–Kier alpha value is -2.71. The van der Waals surface area contributed by atoms with E-state index in [0.717, 1.165) is 38.4 Å². The molecule has 3 rings (SSSR count). The van der Waals surface area contributed by atoms with Gasteiger partial charge in [-0.05, 0) is 23.8 Å². The summed E-state index contributed by atoms with van der Waals surface area (Å²) >= 11 is 0. The summed E-state index contributed by atoms with van der Waals surface area (Å²) < 4.78 is 11.1. The number of hydrogen-bond acceptors (Lipinski definition) is 6. The predicted octanol–water partition coefficient (Wildman–Crippen LogP) is 0.631. The number of ketones is 1. The van der Waals surface area contributed by atoms with Gasteiger partial charge in [-0.2, -0.15) is 5.10 Å². The molecule has 1 aliphatic carbocycles. The molecule has 1 aliphatic heterocycles. The third-order valence-corrected chi connectivity index (χ3v) is 3.99. The third-order valence-electron chi connectivity index (χ3n) is 3.99. The van der Waals surface area contributed by atoms with Crippen LogP contribution in [-0.2, 0) is 4.74 Å². The van der Waals surface area contributed by atoms with E-state index in [2.05, 4.69) is 15.4 Å². The molecule has 0 unspecified atom stereocenters. The highest BCUT2D eigenvalue weighted by molar-refractivity contribution is 6.52. The first-order valence-electron chi connectivity index (χ1n) is 8.06. The number of ether oxygens (including phenoxy) is 2. The summed E-state index contributed by atoms with van der Waals surface area (Å²) in [7, 11) is 0. The molecule has 8 heteroatoms. The van der Waals surface area contributed by atoms with Gasteiger partial charge >= 0.3 is 6.03 Å². The number of benzene rings is 1. The highest BCUT2D eigenvalue weighted by Crippen LogP contribution is 2.23. The lowest BCUT2D eigenvalue weighted by Crippen LogP contribution is -2.38. The fourth-order valence-electron chi connectivity index (χ4n) is 2.67. The predicted molar refractivity (Wildman–Crippen MR) is 92.7 cm³/mol. The zero-order valence-electron chi connectivity index (χ0n) is 13.7. The van der Waals surface area contributed by atoms with Gasteiger partial charge < -0.3 is 15.2 Å². The molecule has 0 spiro atoms. The quantitative estimate of drug-likeness (QED) is 0.762. The number of rotatable bonds is 5. The first-order valence-corrected chi connectivity index (χ1v) is 8.06. The standard InChI is InChI=1S/C17H20N4O4/c18-17(23)20-19-15-4-2-12-1-3-13(11-14(12)16(15)22)25-10-7-21-5-8-24-9-6-21/h1-4,11H,5-10H2,(H3,18,20,23). The van der Waals surface area contributed by atoms with Gasteiger partial charge in [0, 0.05) is 25.2 Å². The minimum Gasteiger partial charge on any atom is -0.492 e. The Kier molecular flexibility index (Phi) is 5.42. The van der Waals surface area contributed by atoms with Crippen molar-refractivity contribution in [1.29, 1.82) is 0 Å². The van der Waals surface area contributed by atoms with Crippen molar-refractivity contribution < 1.29 is 19.1 Å². The first kappa shape index (κ1) is 17.1. The van der Waals surface area contributed by atoms with Crippen LogP contribution >= 0.6 is 0 Å². The molecule has 0 radical (unpaired) electrons. The van der Waals surface area contributed by atoms with Crippen molar-refractivity contribution in [2.75, 3.05) is 39.5 Å². The van der Waals surface area contributed by atoms with Crippen molar-refractivity contribution >= 4 is 23.6 Å². The van der Waals surface area contributed by atoms with Crippen molar-refractivity contribution in [2.45, 2.75) is 0 Å². The molecule has 0 atom stereocenters. The normalized spacial score (nSPS) is 18.9. The molecular formula is C17H20N4O4. The molecule has 0 bridgehead atoms. The molecule has 3 N–H and O–H groups in total. The number of hydrogen-bond donors (Lipinski definition) is 2. The van der Waals surface area contributed by atoms with Crippen molar-refractivity contribution in [3.8, 4) is 5.75 Å². The highest BCUT2D eigenvalue weighted by Gasteiger charge is 2.20. The molecule has 132 valence electrons. The fraction of sp³-hybridized carbons (Fsp3) is 0.353. The summed E-state index contributed by atoms with van der Waals surface area (Å²) in [5.74, 6) is 0.336. The number of carbonyl (C=O) groups is 2. The number of allylic oxidation sites excluding steroid dienone is 1. The lowest BCUT2D eigenvalue weighted by molar-refractivity contribution is 0.0322. The van der Waals surface area contributed by atoms with Crippen LogP contribution in [0.25, 0.3) is 6.08 Å². The van der Waals surface area contributed by atoms with Crippen LogP contribution in [0.15, 0.2) is 29.4 Å². The zero-order chi connectivity index (χ0) is 17.6. The van der Waals surface area contributed by atoms with Gasteiger partial charge in [-0.15, -0.1) is 0 Å². The largest absolute Gasteiger partial charge is 0.492 e. The number of nitrogens with one attached hydrogen (secondary N) is 1. The lowest BCUT2D eigenvalue weighted by Gasteiger charge is -2.26. The van der Waals surface area contributed by atoms with E-state index >= 15 is 0 Å². The maximum Gasteiger partial charge on any atom is 0.332 e. The number of morpholine rings is 1. The second-order valence-corrected chi connectivity index (χ2v) is 5.69. The third kappa shape index (κ3) is 4.43.